The molecular formula is C20H21N3O2. The van der Waals surface area contributed by atoms with Gasteiger partial charge in [-0.05, 0) is 31.1 Å². The van der Waals surface area contributed by atoms with Crippen molar-refractivity contribution in [3.05, 3.63) is 71.3 Å². The van der Waals surface area contributed by atoms with Crippen LogP contribution in [0, 0.1) is 0 Å². The van der Waals surface area contributed by atoms with Crippen LogP contribution >= 0.6 is 0 Å². The standard InChI is InChI=1S/C20H21N3O2/c1-14-17(12-16-9-5-6-10-19(16)25-14)13-22-23-20(24)18(21)11-15-7-3-2-4-8-15/h2-10,12-14,18H,11,21H2,1H3,(H,23,24). The Morgan fingerprint density at radius 3 is 2.76 bits per heavy atom. The lowest BCUT2D eigenvalue weighted by atomic mass is 10.0. The predicted octanol–water partition coefficient (Wildman–Crippen LogP) is 2.52. The second-order valence-corrected chi connectivity index (χ2v) is 5.97. The van der Waals surface area contributed by atoms with Gasteiger partial charge < -0.3 is 10.5 Å². The van der Waals surface area contributed by atoms with Crippen LogP contribution in [0.25, 0.3) is 6.08 Å². The van der Waals surface area contributed by atoms with E-state index in [1.807, 2.05) is 67.6 Å². The number of nitrogens with two attached hydrogens (primary N) is 1. The third-order valence-electron chi connectivity index (χ3n) is 4.04. The number of amides is 1. The van der Waals surface area contributed by atoms with Gasteiger partial charge in [0.25, 0.3) is 5.91 Å². The maximum atomic E-state index is 12.1. The zero-order valence-corrected chi connectivity index (χ0v) is 14.1. The van der Waals surface area contributed by atoms with Crippen molar-refractivity contribution in [2.75, 3.05) is 0 Å². The van der Waals surface area contributed by atoms with Crippen molar-refractivity contribution in [2.24, 2.45) is 10.8 Å². The lowest BCUT2D eigenvalue weighted by Crippen LogP contribution is -2.40. The van der Waals surface area contributed by atoms with Crippen LogP contribution in [0.5, 0.6) is 5.75 Å². The molecule has 2 aromatic carbocycles. The number of ether oxygens (including phenoxy) is 1. The summed E-state index contributed by atoms with van der Waals surface area (Å²) in [6.45, 7) is 1.94. The van der Waals surface area contributed by atoms with E-state index < -0.39 is 6.04 Å². The van der Waals surface area contributed by atoms with Gasteiger partial charge in [0, 0.05) is 11.1 Å². The van der Waals surface area contributed by atoms with Gasteiger partial charge in [0.1, 0.15) is 11.9 Å². The highest BCUT2D eigenvalue weighted by Crippen LogP contribution is 2.28. The number of rotatable bonds is 5. The molecule has 0 fully saturated rings. The minimum atomic E-state index is -0.644. The van der Waals surface area contributed by atoms with Crippen LogP contribution in [0.2, 0.25) is 0 Å². The molecule has 5 heteroatoms. The largest absolute Gasteiger partial charge is 0.485 e. The van der Waals surface area contributed by atoms with Crippen molar-refractivity contribution < 1.29 is 9.53 Å². The molecule has 1 aliphatic rings. The lowest BCUT2D eigenvalue weighted by molar-refractivity contribution is -0.122. The molecule has 5 nitrogen and oxygen atoms in total. The fourth-order valence-corrected chi connectivity index (χ4v) is 2.62. The van der Waals surface area contributed by atoms with Gasteiger partial charge in [0.05, 0.1) is 12.3 Å². The third-order valence-corrected chi connectivity index (χ3v) is 4.04. The van der Waals surface area contributed by atoms with Crippen LogP contribution in [0.3, 0.4) is 0 Å². The summed E-state index contributed by atoms with van der Waals surface area (Å²) >= 11 is 0. The van der Waals surface area contributed by atoms with E-state index in [-0.39, 0.29) is 12.0 Å². The number of carbonyl (C=O) groups is 1. The Morgan fingerprint density at radius 2 is 1.96 bits per heavy atom. The summed E-state index contributed by atoms with van der Waals surface area (Å²) in [6, 6.07) is 16.8. The summed E-state index contributed by atoms with van der Waals surface area (Å²) in [5, 5.41) is 4.03. The molecular weight excluding hydrogens is 314 g/mol. The third kappa shape index (κ3) is 4.33. The first-order chi connectivity index (χ1) is 12.1. The second kappa shape index (κ2) is 7.77. The van der Waals surface area contributed by atoms with Crippen LogP contribution in [0.1, 0.15) is 18.1 Å². The summed E-state index contributed by atoms with van der Waals surface area (Å²) in [6.07, 6.45) is 3.95. The fourth-order valence-electron chi connectivity index (χ4n) is 2.62. The van der Waals surface area contributed by atoms with E-state index in [0.29, 0.717) is 6.42 Å². The highest BCUT2D eigenvalue weighted by molar-refractivity contribution is 5.90. The number of nitrogens with one attached hydrogen (secondary N) is 1. The normalized spacial score (nSPS) is 17.4. The van der Waals surface area contributed by atoms with Gasteiger partial charge in [0.2, 0.25) is 0 Å². The smallest absolute Gasteiger partial charge is 0.257 e. The van der Waals surface area contributed by atoms with Gasteiger partial charge >= 0.3 is 0 Å². The molecule has 2 unspecified atom stereocenters. The summed E-state index contributed by atoms with van der Waals surface area (Å²) in [7, 11) is 0. The van der Waals surface area contributed by atoms with Gasteiger partial charge in [-0.2, -0.15) is 5.10 Å². The first kappa shape index (κ1) is 16.9. The van der Waals surface area contributed by atoms with E-state index in [1.165, 1.54) is 0 Å². The number of carbonyl (C=O) groups excluding carboxylic acids is 1. The average Bonchev–Trinajstić information content (AvgIpc) is 2.62. The number of para-hydroxylation sites is 1. The Bertz CT molecular complexity index is 800. The molecule has 25 heavy (non-hydrogen) atoms. The molecule has 3 N–H and O–H groups in total. The molecule has 0 bridgehead atoms. The van der Waals surface area contributed by atoms with Crippen molar-refractivity contribution in [1.29, 1.82) is 0 Å². The quantitative estimate of drug-likeness (QED) is 0.651. The van der Waals surface area contributed by atoms with Crippen LogP contribution < -0.4 is 15.9 Å². The number of hydrogen-bond acceptors (Lipinski definition) is 4. The molecule has 0 saturated heterocycles. The maximum Gasteiger partial charge on any atom is 0.257 e. The topological polar surface area (TPSA) is 76.7 Å². The number of hydrazone groups is 1. The van der Waals surface area contributed by atoms with Crippen LogP contribution in [0.15, 0.2) is 65.3 Å². The van der Waals surface area contributed by atoms with Crippen molar-refractivity contribution in [3.63, 3.8) is 0 Å². The molecule has 0 aromatic heterocycles. The monoisotopic (exact) mass is 335 g/mol. The zero-order chi connectivity index (χ0) is 17.6. The van der Waals surface area contributed by atoms with Gasteiger partial charge in [0.15, 0.2) is 0 Å². The Balaban J connectivity index is 1.59. The SMILES string of the molecule is CC1Oc2ccccc2C=C1C=NNC(=O)C(N)Cc1ccccc1. The number of fused-ring (bicyclic) bond motifs is 1. The molecule has 2 atom stereocenters. The predicted molar refractivity (Wildman–Crippen MR) is 99.3 cm³/mol. The number of hydrogen-bond donors (Lipinski definition) is 2. The summed E-state index contributed by atoms with van der Waals surface area (Å²) in [5.74, 6) is 0.534. The highest BCUT2D eigenvalue weighted by Gasteiger charge is 2.17. The molecule has 2 aromatic rings. The van der Waals surface area contributed by atoms with Crippen LogP contribution in [0.4, 0.5) is 0 Å². The van der Waals surface area contributed by atoms with Crippen LogP contribution in [-0.4, -0.2) is 24.3 Å². The highest BCUT2D eigenvalue weighted by atomic mass is 16.5. The van der Waals surface area contributed by atoms with Crippen molar-refractivity contribution in [2.45, 2.75) is 25.5 Å². The maximum absolute atomic E-state index is 12.1. The molecule has 128 valence electrons. The summed E-state index contributed by atoms with van der Waals surface area (Å²) in [5.41, 5.74) is 11.3. The minimum absolute atomic E-state index is 0.131. The molecule has 0 saturated carbocycles. The van der Waals surface area contributed by atoms with E-state index in [9.17, 15) is 4.79 Å². The fraction of sp³-hybridized carbons (Fsp3) is 0.200. The number of nitrogens with zero attached hydrogens (tertiary/aromatic N) is 1. The molecule has 0 radical (unpaired) electrons. The van der Waals surface area contributed by atoms with Gasteiger partial charge in [-0.25, -0.2) is 5.43 Å². The zero-order valence-electron chi connectivity index (χ0n) is 14.1. The summed E-state index contributed by atoms with van der Waals surface area (Å²) in [4.78, 5) is 12.1. The molecule has 0 aliphatic carbocycles. The van der Waals surface area contributed by atoms with E-state index in [0.717, 1.165) is 22.4 Å². The van der Waals surface area contributed by atoms with Crippen molar-refractivity contribution in [3.8, 4) is 5.75 Å². The van der Waals surface area contributed by atoms with Crippen LogP contribution in [-0.2, 0) is 11.2 Å². The van der Waals surface area contributed by atoms with Crippen molar-refractivity contribution >= 4 is 18.2 Å². The Morgan fingerprint density at radius 1 is 1.24 bits per heavy atom. The van der Waals surface area contributed by atoms with Gasteiger partial charge in [-0.15, -0.1) is 0 Å². The lowest BCUT2D eigenvalue weighted by Gasteiger charge is -2.22. The molecule has 0 spiro atoms. The second-order valence-electron chi connectivity index (χ2n) is 5.97. The Labute approximate surface area is 147 Å². The van der Waals surface area contributed by atoms with E-state index in [1.54, 1.807) is 6.21 Å². The minimum Gasteiger partial charge on any atom is -0.485 e. The van der Waals surface area contributed by atoms with E-state index in [2.05, 4.69) is 10.5 Å². The molecule has 3 rings (SSSR count). The van der Waals surface area contributed by atoms with Gasteiger partial charge in [-0.3, -0.25) is 4.79 Å². The Hall–Kier alpha value is -2.92. The number of benzene rings is 2. The Kier molecular flexibility index (Phi) is 5.26. The van der Waals surface area contributed by atoms with E-state index in [4.69, 9.17) is 10.5 Å². The molecule has 1 amide bonds. The molecule has 1 aliphatic heterocycles. The van der Waals surface area contributed by atoms with E-state index >= 15 is 0 Å². The molecule has 1 heterocycles. The first-order valence-electron chi connectivity index (χ1n) is 8.23. The average molecular weight is 335 g/mol. The summed E-state index contributed by atoms with van der Waals surface area (Å²) < 4.78 is 5.83. The van der Waals surface area contributed by atoms with Crippen molar-refractivity contribution in [1.82, 2.24) is 5.43 Å². The first-order valence-corrected chi connectivity index (χ1v) is 8.23. The van der Waals surface area contributed by atoms with Gasteiger partial charge in [-0.1, -0.05) is 48.5 Å².